The van der Waals surface area contributed by atoms with Crippen molar-refractivity contribution in [2.24, 2.45) is 0 Å². The van der Waals surface area contributed by atoms with Gasteiger partial charge in [0.25, 0.3) is 0 Å². The minimum absolute atomic E-state index is 0.0370. The second-order valence-corrected chi connectivity index (χ2v) is 5.44. The van der Waals surface area contributed by atoms with Crippen LogP contribution in [-0.4, -0.2) is 11.4 Å². The summed E-state index contributed by atoms with van der Waals surface area (Å²) in [5, 5.41) is 11.4. The molecule has 1 aliphatic carbocycles. The summed E-state index contributed by atoms with van der Waals surface area (Å²) in [7, 11) is 0. The van der Waals surface area contributed by atoms with Gasteiger partial charge in [0.05, 0.1) is 10.8 Å². The van der Waals surface area contributed by atoms with Crippen LogP contribution in [0.15, 0.2) is 41.3 Å². The quantitative estimate of drug-likeness (QED) is 0.650. The SMILES string of the molecule is C=C(O)c1sccc1C(C=O)C1=CC=C(C)CC1. The van der Waals surface area contributed by atoms with Crippen molar-refractivity contribution in [2.45, 2.75) is 25.7 Å². The van der Waals surface area contributed by atoms with Gasteiger partial charge in [-0.3, -0.25) is 0 Å². The molecule has 0 fully saturated rings. The fraction of sp³-hybridized carbons (Fsp3) is 0.267. The Morgan fingerprint density at radius 2 is 2.28 bits per heavy atom. The molecule has 1 heterocycles. The van der Waals surface area contributed by atoms with Crippen molar-refractivity contribution in [1.29, 1.82) is 0 Å². The van der Waals surface area contributed by atoms with Gasteiger partial charge in [-0.05, 0) is 36.8 Å². The van der Waals surface area contributed by atoms with Gasteiger partial charge in [-0.2, -0.15) is 0 Å². The maximum Gasteiger partial charge on any atom is 0.131 e. The van der Waals surface area contributed by atoms with E-state index in [4.69, 9.17) is 0 Å². The van der Waals surface area contributed by atoms with Crippen LogP contribution in [0.5, 0.6) is 0 Å². The van der Waals surface area contributed by atoms with Crippen molar-refractivity contribution >= 4 is 23.4 Å². The van der Waals surface area contributed by atoms with E-state index in [0.29, 0.717) is 4.88 Å². The molecule has 2 nitrogen and oxygen atoms in total. The summed E-state index contributed by atoms with van der Waals surface area (Å²) in [4.78, 5) is 12.1. The van der Waals surface area contributed by atoms with Crippen LogP contribution in [-0.2, 0) is 4.79 Å². The van der Waals surface area contributed by atoms with Crippen molar-refractivity contribution in [1.82, 2.24) is 0 Å². The van der Waals surface area contributed by atoms with Crippen molar-refractivity contribution in [3.63, 3.8) is 0 Å². The van der Waals surface area contributed by atoms with Crippen LogP contribution in [0.2, 0.25) is 0 Å². The lowest BCUT2D eigenvalue weighted by molar-refractivity contribution is -0.108. The van der Waals surface area contributed by atoms with Crippen molar-refractivity contribution < 1.29 is 9.90 Å². The number of aldehydes is 1. The Labute approximate surface area is 111 Å². The molecule has 0 aromatic carbocycles. The first-order valence-corrected chi connectivity index (χ1v) is 6.78. The first-order chi connectivity index (χ1) is 8.63. The molecule has 1 N–H and O–H groups in total. The van der Waals surface area contributed by atoms with Crippen molar-refractivity contribution in [2.75, 3.05) is 0 Å². The van der Waals surface area contributed by atoms with Crippen molar-refractivity contribution in [3.8, 4) is 0 Å². The Morgan fingerprint density at radius 1 is 1.50 bits per heavy atom. The number of hydrogen-bond donors (Lipinski definition) is 1. The van der Waals surface area contributed by atoms with Crippen LogP contribution in [0, 0.1) is 0 Å². The summed E-state index contributed by atoms with van der Waals surface area (Å²) in [6.45, 7) is 5.64. The predicted octanol–water partition coefficient (Wildman–Crippen LogP) is 4.23. The molecule has 1 unspecified atom stereocenters. The van der Waals surface area contributed by atoms with Gasteiger partial charge in [0, 0.05) is 0 Å². The van der Waals surface area contributed by atoms with E-state index < -0.39 is 0 Å². The molecule has 1 aromatic rings. The highest BCUT2D eigenvalue weighted by Gasteiger charge is 2.22. The van der Waals surface area contributed by atoms with Gasteiger partial charge in [0.2, 0.25) is 0 Å². The maximum atomic E-state index is 11.4. The predicted molar refractivity (Wildman–Crippen MR) is 75.9 cm³/mol. The molecule has 0 bridgehead atoms. The summed E-state index contributed by atoms with van der Waals surface area (Å²) in [5.41, 5.74) is 3.30. The van der Waals surface area contributed by atoms with Crippen LogP contribution in [0.4, 0.5) is 0 Å². The Hall–Kier alpha value is -1.61. The number of rotatable bonds is 4. The Bertz CT molecular complexity index is 534. The van der Waals surface area contributed by atoms with Gasteiger partial charge in [0.15, 0.2) is 0 Å². The summed E-state index contributed by atoms with van der Waals surface area (Å²) in [6.07, 6.45) is 6.94. The number of aliphatic hydroxyl groups is 1. The molecule has 0 saturated carbocycles. The average Bonchev–Trinajstić information content (AvgIpc) is 2.82. The lowest BCUT2D eigenvalue weighted by atomic mass is 9.86. The average molecular weight is 260 g/mol. The number of thiophene rings is 1. The first-order valence-electron chi connectivity index (χ1n) is 5.90. The number of carbonyl (C=O) groups is 1. The molecular formula is C15H16O2S. The normalized spacial score (nSPS) is 16.7. The number of carbonyl (C=O) groups excluding carboxylic acids is 1. The van der Waals surface area contributed by atoms with Crippen molar-refractivity contribution in [3.05, 3.63) is 51.8 Å². The van der Waals surface area contributed by atoms with Crippen LogP contribution in [0.25, 0.3) is 5.76 Å². The van der Waals surface area contributed by atoms with E-state index in [1.54, 1.807) is 0 Å². The van der Waals surface area contributed by atoms with E-state index in [-0.39, 0.29) is 11.7 Å². The topological polar surface area (TPSA) is 37.3 Å². The monoisotopic (exact) mass is 260 g/mol. The van der Waals surface area contributed by atoms with E-state index in [2.05, 4.69) is 19.6 Å². The fourth-order valence-corrected chi connectivity index (χ4v) is 2.99. The zero-order valence-corrected chi connectivity index (χ0v) is 11.2. The van der Waals surface area contributed by atoms with E-state index in [9.17, 15) is 9.90 Å². The third-order valence-corrected chi connectivity index (χ3v) is 4.20. The number of aliphatic hydroxyl groups excluding tert-OH is 1. The molecule has 0 spiro atoms. The highest BCUT2D eigenvalue weighted by atomic mass is 32.1. The Kier molecular flexibility index (Phi) is 3.82. The summed E-state index contributed by atoms with van der Waals surface area (Å²) in [5.74, 6) is -0.227. The molecule has 0 amide bonds. The molecule has 18 heavy (non-hydrogen) atoms. The maximum absolute atomic E-state index is 11.4. The molecule has 2 rings (SSSR count). The van der Waals surface area contributed by atoms with E-state index >= 15 is 0 Å². The zero-order chi connectivity index (χ0) is 13.1. The second kappa shape index (κ2) is 5.36. The fourth-order valence-electron chi connectivity index (χ4n) is 2.18. The van der Waals surface area contributed by atoms with Crippen LogP contribution < -0.4 is 0 Å². The summed E-state index contributed by atoms with van der Waals surface area (Å²) < 4.78 is 0. The van der Waals surface area contributed by atoms with Gasteiger partial charge in [0.1, 0.15) is 12.0 Å². The van der Waals surface area contributed by atoms with E-state index in [1.165, 1.54) is 16.9 Å². The smallest absolute Gasteiger partial charge is 0.131 e. The summed E-state index contributed by atoms with van der Waals surface area (Å²) in [6, 6.07) is 1.90. The van der Waals surface area contributed by atoms with Gasteiger partial charge >= 0.3 is 0 Å². The lowest BCUT2D eigenvalue weighted by Gasteiger charge is -2.18. The highest BCUT2D eigenvalue weighted by Crippen LogP contribution is 2.35. The lowest BCUT2D eigenvalue weighted by Crippen LogP contribution is -2.07. The molecule has 1 aromatic heterocycles. The minimum Gasteiger partial charge on any atom is -0.507 e. The molecule has 0 saturated heterocycles. The van der Waals surface area contributed by atoms with E-state index in [0.717, 1.165) is 30.3 Å². The third kappa shape index (κ3) is 2.46. The van der Waals surface area contributed by atoms with Crippen LogP contribution >= 0.6 is 11.3 Å². The second-order valence-electron chi connectivity index (χ2n) is 4.52. The van der Waals surface area contributed by atoms with Gasteiger partial charge < -0.3 is 9.90 Å². The largest absolute Gasteiger partial charge is 0.507 e. The minimum atomic E-state index is -0.264. The third-order valence-electron chi connectivity index (χ3n) is 3.22. The molecule has 1 aliphatic rings. The number of allylic oxidation sites excluding steroid dienone is 4. The molecule has 94 valence electrons. The molecule has 3 heteroatoms. The first kappa shape index (κ1) is 12.8. The van der Waals surface area contributed by atoms with Gasteiger partial charge in [-0.1, -0.05) is 29.9 Å². The standard InChI is InChI=1S/C15H16O2S/c1-10-3-5-12(6-4-10)14(9-16)13-7-8-18-15(13)11(2)17/h3,5,7-9,14,17H,2,4,6H2,1H3. The molecule has 1 atom stereocenters. The zero-order valence-electron chi connectivity index (χ0n) is 10.3. The van der Waals surface area contributed by atoms with Crippen LogP contribution in [0.1, 0.15) is 36.1 Å². The molecular weight excluding hydrogens is 244 g/mol. The van der Waals surface area contributed by atoms with Crippen LogP contribution in [0.3, 0.4) is 0 Å². The summed E-state index contributed by atoms with van der Waals surface area (Å²) >= 11 is 1.41. The van der Waals surface area contributed by atoms with E-state index in [1.807, 2.05) is 17.5 Å². The molecule has 0 radical (unpaired) electrons. The highest BCUT2D eigenvalue weighted by molar-refractivity contribution is 7.11. The van der Waals surface area contributed by atoms with Gasteiger partial charge in [-0.25, -0.2) is 0 Å². The Morgan fingerprint density at radius 3 is 2.83 bits per heavy atom. The molecule has 0 aliphatic heterocycles. The Balaban J connectivity index is 2.37. The van der Waals surface area contributed by atoms with Gasteiger partial charge in [-0.15, -0.1) is 11.3 Å². The number of hydrogen-bond acceptors (Lipinski definition) is 3.